The number of amidine groups is 1. The molecule has 0 saturated heterocycles. The summed E-state index contributed by atoms with van der Waals surface area (Å²) in [5, 5.41) is 7.96. The van der Waals surface area contributed by atoms with E-state index >= 15 is 0 Å². The fourth-order valence-electron chi connectivity index (χ4n) is 1.31. The van der Waals surface area contributed by atoms with E-state index in [4.69, 9.17) is 11.1 Å². The number of nitrogens with zero attached hydrogens (tertiary/aromatic N) is 1. The van der Waals surface area contributed by atoms with E-state index in [9.17, 15) is 4.39 Å². The van der Waals surface area contributed by atoms with Gasteiger partial charge in [0.1, 0.15) is 16.7 Å². The van der Waals surface area contributed by atoms with Crippen LogP contribution in [0.2, 0.25) is 0 Å². The summed E-state index contributed by atoms with van der Waals surface area (Å²) in [5.74, 6) is -0.380. The van der Waals surface area contributed by atoms with Crippen LogP contribution >= 0.6 is 11.8 Å². The minimum Gasteiger partial charge on any atom is -0.384 e. The number of nitrogens with two attached hydrogens (primary N) is 1. The van der Waals surface area contributed by atoms with Gasteiger partial charge in [-0.05, 0) is 24.3 Å². The molecule has 0 bridgehead atoms. The zero-order chi connectivity index (χ0) is 12.3. The Labute approximate surface area is 102 Å². The number of hydrogen-bond donors (Lipinski definition) is 2. The van der Waals surface area contributed by atoms with Crippen LogP contribution in [-0.4, -0.2) is 10.8 Å². The highest BCUT2D eigenvalue weighted by molar-refractivity contribution is 7.99. The standard InChI is InChI=1S/C12H10FN3S/c13-9-5-1-2-6-10(9)17-12-8(11(14)15)4-3-7-16-12/h1-7H,(H3,14,15). The average Bonchev–Trinajstić information content (AvgIpc) is 2.32. The zero-order valence-corrected chi connectivity index (χ0v) is 9.67. The molecular formula is C12H10FN3S. The van der Waals surface area contributed by atoms with Crippen molar-refractivity contribution >= 4 is 17.6 Å². The maximum absolute atomic E-state index is 13.5. The van der Waals surface area contributed by atoms with E-state index in [0.717, 1.165) is 11.8 Å². The molecule has 0 fully saturated rings. The molecule has 5 heteroatoms. The van der Waals surface area contributed by atoms with Crippen molar-refractivity contribution in [2.45, 2.75) is 9.92 Å². The summed E-state index contributed by atoms with van der Waals surface area (Å²) in [6, 6.07) is 9.82. The Hall–Kier alpha value is -1.88. The van der Waals surface area contributed by atoms with Crippen LogP contribution in [0.1, 0.15) is 5.56 Å². The van der Waals surface area contributed by atoms with Gasteiger partial charge in [0.2, 0.25) is 0 Å². The number of pyridine rings is 1. The second kappa shape index (κ2) is 4.97. The summed E-state index contributed by atoms with van der Waals surface area (Å²) < 4.78 is 13.5. The number of nitrogens with one attached hydrogen (secondary N) is 1. The minimum atomic E-state index is -0.308. The Kier molecular flexibility index (Phi) is 3.39. The van der Waals surface area contributed by atoms with E-state index in [2.05, 4.69) is 4.98 Å². The summed E-state index contributed by atoms with van der Waals surface area (Å²) in [7, 11) is 0. The molecule has 1 heterocycles. The number of rotatable bonds is 3. The minimum absolute atomic E-state index is 0.0723. The van der Waals surface area contributed by atoms with Crippen molar-refractivity contribution in [3.63, 3.8) is 0 Å². The molecule has 0 aliphatic rings. The SMILES string of the molecule is N=C(N)c1cccnc1Sc1ccccc1F. The maximum Gasteiger partial charge on any atom is 0.137 e. The molecule has 0 saturated carbocycles. The highest BCUT2D eigenvalue weighted by Crippen LogP contribution is 2.30. The van der Waals surface area contributed by atoms with Gasteiger partial charge >= 0.3 is 0 Å². The molecule has 0 aliphatic heterocycles. The van der Waals surface area contributed by atoms with Crippen LogP contribution in [0, 0.1) is 11.2 Å². The molecule has 3 N–H and O–H groups in total. The van der Waals surface area contributed by atoms with Crippen LogP contribution in [0.15, 0.2) is 52.5 Å². The van der Waals surface area contributed by atoms with Crippen molar-refractivity contribution in [1.82, 2.24) is 4.98 Å². The Bertz CT molecular complexity index is 557. The molecule has 0 atom stereocenters. The van der Waals surface area contributed by atoms with Gasteiger partial charge in [-0.3, -0.25) is 5.41 Å². The van der Waals surface area contributed by atoms with Crippen LogP contribution in [0.3, 0.4) is 0 Å². The quantitative estimate of drug-likeness (QED) is 0.647. The molecule has 1 aromatic carbocycles. The monoisotopic (exact) mass is 247 g/mol. The fourth-order valence-corrected chi connectivity index (χ4v) is 2.23. The van der Waals surface area contributed by atoms with Crippen molar-refractivity contribution in [3.05, 3.63) is 54.0 Å². The van der Waals surface area contributed by atoms with E-state index in [0.29, 0.717) is 15.5 Å². The van der Waals surface area contributed by atoms with E-state index in [1.54, 1.807) is 36.5 Å². The van der Waals surface area contributed by atoms with Gasteiger partial charge in [0, 0.05) is 16.7 Å². The van der Waals surface area contributed by atoms with Crippen LogP contribution in [-0.2, 0) is 0 Å². The van der Waals surface area contributed by atoms with Crippen LogP contribution in [0.25, 0.3) is 0 Å². The second-order valence-corrected chi connectivity index (χ2v) is 4.33. The van der Waals surface area contributed by atoms with Crippen LogP contribution < -0.4 is 5.73 Å². The van der Waals surface area contributed by atoms with Gasteiger partial charge in [-0.25, -0.2) is 9.37 Å². The Morgan fingerprint density at radius 1 is 1.24 bits per heavy atom. The summed E-state index contributed by atoms with van der Waals surface area (Å²) in [5.41, 5.74) is 5.96. The van der Waals surface area contributed by atoms with Crippen molar-refractivity contribution in [3.8, 4) is 0 Å². The lowest BCUT2D eigenvalue weighted by molar-refractivity contribution is 0.602. The average molecular weight is 247 g/mol. The van der Waals surface area contributed by atoms with Crippen molar-refractivity contribution in [1.29, 1.82) is 5.41 Å². The van der Waals surface area contributed by atoms with Gasteiger partial charge in [0.15, 0.2) is 0 Å². The molecule has 1 aromatic heterocycles. The molecule has 0 amide bonds. The lowest BCUT2D eigenvalue weighted by atomic mass is 10.3. The van der Waals surface area contributed by atoms with E-state index in [1.807, 2.05) is 0 Å². The van der Waals surface area contributed by atoms with Crippen LogP contribution in [0.4, 0.5) is 4.39 Å². The molecule has 0 radical (unpaired) electrons. The molecule has 86 valence electrons. The summed E-state index contributed by atoms with van der Waals surface area (Å²) in [6.07, 6.45) is 1.59. The lowest BCUT2D eigenvalue weighted by Gasteiger charge is -2.06. The fraction of sp³-hybridized carbons (Fsp3) is 0. The van der Waals surface area contributed by atoms with Gasteiger partial charge < -0.3 is 5.73 Å². The second-order valence-electron chi connectivity index (χ2n) is 3.30. The largest absolute Gasteiger partial charge is 0.384 e. The highest BCUT2D eigenvalue weighted by atomic mass is 32.2. The van der Waals surface area contributed by atoms with E-state index in [1.165, 1.54) is 6.07 Å². The molecule has 3 nitrogen and oxygen atoms in total. The number of nitrogen functional groups attached to an aromatic ring is 1. The normalized spacial score (nSPS) is 10.2. The first-order valence-corrected chi connectivity index (χ1v) is 5.72. The van der Waals surface area contributed by atoms with Gasteiger partial charge in [-0.15, -0.1) is 0 Å². The summed E-state index contributed by atoms with van der Waals surface area (Å²) >= 11 is 1.16. The predicted molar refractivity (Wildman–Crippen MR) is 65.8 cm³/mol. The summed E-state index contributed by atoms with van der Waals surface area (Å²) in [6.45, 7) is 0. The van der Waals surface area contributed by atoms with Gasteiger partial charge in [-0.2, -0.15) is 0 Å². The first-order valence-electron chi connectivity index (χ1n) is 4.90. The van der Waals surface area contributed by atoms with Crippen molar-refractivity contribution in [2.24, 2.45) is 5.73 Å². The number of benzene rings is 1. The molecule has 0 unspecified atom stereocenters. The third-order valence-corrected chi connectivity index (χ3v) is 3.17. The third-order valence-electron chi connectivity index (χ3n) is 2.10. The molecule has 0 aliphatic carbocycles. The predicted octanol–water partition coefficient (Wildman–Crippen LogP) is 2.66. The van der Waals surface area contributed by atoms with Gasteiger partial charge in [0.25, 0.3) is 0 Å². The number of hydrogen-bond acceptors (Lipinski definition) is 3. The summed E-state index contributed by atoms with van der Waals surface area (Å²) in [4.78, 5) is 4.58. The first kappa shape index (κ1) is 11.6. The van der Waals surface area contributed by atoms with Crippen molar-refractivity contribution < 1.29 is 4.39 Å². The highest BCUT2D eigenvalue weighted by Gasteiger charge is 2.10. The topological polar surface area (TPSA) is 62.8 Å². The Morgan fingerprint density at radius 3 is 2.71 bits per heavy atom. The third kappa shape index (κ3) is 2.62. The number of halogens is 1. The van der Waals surface area contributed by atoms with Crippen molar-refractivity contribution in [2.75, 3.05) is 0 Å². The smallest absolute Gasteiger partial charge is 0.137 e. The van der Waals surface area contributed by atoms with E-state index in [-0.39, 0.29) is 11.7 Å². The number of aromatic nitrogens is 1. The van der Waals surface area contributed by atoms with Crippen LogP contribution in [0.5, 0.6) is 0 Å². The van der Waals surface area contributed by atoms with Gasteiger partial charge in [-0.1, -0.05) is 23.9 Å². The Balaban J connectivity index is 2.37. The van der Waals surface area contributed by atoms with E-state index < -0.39 is 0 Å². The van der Waals surface area contributed by atoms with Gasteiger partial charge in [0.05, 0.1) is 0 Å². The molecular weight excluding hydrogens is 237 g/mol. The lowest BCUT2D eigenvalue weighted by Crippen LogP contribution is -2.12. The molecule has 17 heavy (non-hydrogen) atoms. The maximum atomic E-state index is 13.5. The Morgan fingerprint density at radius 2 is 2.00 bits per heavy atom. The molecule has 2 aromatic rings. The molecule has 2 rings (SSSR count). The molecule has 0 spiro atoms. The zero-order valence-electron chi connectivity index (χ0n) is 8.85. The first-order chi connectivity index (χ1) is 8.18.